The van der Waals surface area contributed by atoms with Crippen molar-refractivity contribution >= 4 is 17.7 Å². The number of carbonyl (C=O) groups is 2. The molecule has 112 valence electrons. The molecule has 0 radical (unpaired) electrons. The minimum absolute atomic E-state index is 0.0527. The molecule has 1 aromatic rings. The number of nitriles is 1. The van der Waals surface area contributed by atoms with Gasteiger partial charge in [0.2, 0.25) is 0 Å². The maximum absolute atomic E-state index is 13.1. The number of carbonyl (C=O) groups excluding carboxylic acids is 1. The lowest BCUT2D eigenvalue weighted by Crippen LogP contribution is -2.36. The van der Waals surface area contributed by atoms with E-state index in [1.54, 1.807) is 13.0 Å². The average Bonchev–Trinajstić information content (AvgIpc) is 2.40. The fourth-order valence-corrected chi connectivity index (χ4v) is 1.71. The van der Waals surface area contributed by atoms with Crippen LogP contribution < -0.4 is 10.6 Å². The number of nitrogens with zero attached hydrogens (tertiary/aromatic N) is 1. The number of hydrogen-bond acceptors (Lipinski definition) is 3. The van der Waals surface area contributed by atoms with E-state index < -0.39 is 17.8 Å². The summed E-state index contributed by atoms with van der Waals surface area (Å²) in [4.78, 5) is 22.1. The van der Waals surface area contributed by atoms with Gasteiger partial charge in [0, 0.05) is 18.2 Å². The van der Waals surface area contributed by atoms with Gasteiger partial charge in [0.05, 0.1) is 5.56 Å². The van der Waals surface area contributed by atoms with Crippen LogP contribution in [0, 0.1) is 17.1 Å². The van der Waals surface area contributed by atoms with E-state index in [4.69, 9.17) is 10.4 Å². The quantitative estimate of drug-likeness (QED) is 0.749. The van der Waals surface area contributed by atoms with E-state index in [0.717, 1.165) is 6.07 Å². The predicted molar refractivity (Wildman–Crippen MR) is 74.2 cm³/mol. The lowest BCUT2D eigenvalue weighted by atomic mass is 10.1. The molecule has 0 aliphatic carbocycles. The molecule has 7 heteroatoms. The van der Waals surface area contributed by atoms with Crippen LogP contribution in [0.5, 0.6) is 0 Å². The second-order valence-corrected chi connectivity index (χ2v) is 4.59. The van der Waals surface area contributed by atoms with Gasteiger partial charge in [-0.15, -0.1) is 0 Å². The first-order valence-corrected chi connectivity index (χ1v) is 6.41. The van der Waals surface area contributed by atoms with E-state index in [0.29, 0.717) is 18.5 Å². The molecule has 1 unspecified atom stereocenters. The van der Waals surface area contributed by atoms with Crippen LogP contribution in [0.25, 0.3) is 0 Å². The van der Waals surface area contributed by atoms with E-state index in [9.17, 15) is 14.0 Å². The van der Waals surface area contributed by atoms with Gasteiger partial charge in [0.25, 0.3) is 0 Å². The second kappa shape index (κ2) is 7.85. The highest BCUT2D eigenvalue weighted by atomic mass is 19.1. The number of anilines is 1. The molecular formula is C14H16FN3O3. The third-order valence-corrected chi connectivity index (χ3v) is 2.75. The highest BCUT2D eigenvalue weighted by Crippen LogP contribution is 2.13. The number of carboxylic acid groups (broad SMARTS) is 1. The van der Waals surface area contributed by atoms with E-state index in [1.807, 2.05) is 0 Å². The molecule has 1 aromatic carbocycles. The molecule has 3 N–H and O–H groups in total. The summed E-state index contributed by atoms with van der Waals surface area (Å²) >= 11 is 0. The summed E-state index contributed by atoms with van der Waals surface area (Å²) in [5.74, 6) is -1.52. The van der Waals surface area contributed by atoms with Gasteiger partial charge in [-0.25, -0.2) is 9.18 Å². The van der Waals surface area contributed by atoms with Crippen LogP contribution in [0.4, 0.5) is 14.9 Å². The normalized spacial score (nSPS) is 11.3. The van der Waals surface area contributed by atoms with Crippen LogP contribution in [-0.2, 0) is 4.79 Å². The summed E-state index contributed by atoms with van der Waals surface area (Å²) in [5, 5.41) is 22.3. The number of benzene rings is 1. The van der Waals surface area contributed by atoms with Gasteiger partial charge in [0.15, 0.2) is 0 Å². The monoisotopic (exact) mass is 293 g/mol. The highest BCUT2D eigenvalue weighted by Gasteiger charge is 2.09. The molecule has 0 aromatic heterocycles. The third-order valence-electron chi connectivity index (χ3n) is 2.75. The molecule has 21 heavy (non-hydrogen) atoms. The van der Waals surface area contributed by atoms with Crippen molar-refractivity contribution < 1.29 is 19.1 Å². The Morgan fingerprint density at radius 3 is 2.81 bits per heavy atom. The van der Waals surface area contributed by atoms with Crippen LogP contribution in [0.15, 0.2) is 18.2 Å². The van der Waals surface area contributed by atoms with E-state index >= 15 is 0 Å². The molecule has 0 heterocycles. The van der Waals surface area contributed by atoms with Crippen molar-refractivity contribution in [3.05, 3.63) is 29.6 Å². The molecule has 0 aliphatic rings. The number of carboxylic acids is 1. The Hall–Kier alpha value is -2.62. The van der Waals surface area contributed by atoms with Crippen molar-refractivity contribution in [3.8, 4) is 6.07 Å². The van der Waals surface area contributed by atoms with Gasteiger partial charge in [0.1, 0.15) is 11.9 Å². The van der Waals surface area contributed by atoms with Crippen LogP contribution in [-0.4, -0.2) is 23.1 Å². The van der Waals surface area contributed by atoms with Crippen LogP contribution in [0.2, 0.25) is 0 Å². The molecule has 0 aliphatic heterocycles. The van der Waals surface area contributed by atoms with Gasteiger partial charge in [-0.1, -0.05) is 0 Å². The Labute approximate surface area is 121 Å². The number of aliphatic carboxylic acids is 1. The van der Waals surface area contributed by atoms with Gasteiger partial charge in [-0.3, -0.25) is 4.79 Å². The first-order chi connectivity index (χ1) is 9.92. The second-order valence-electron chi connectivity index (χ2n) is 4.59. The van der Waals surface area contributed by atoms with Gasteiger partial charge in [-0.05, 0) is 38.0 Å². The molecule has 0 fully saturated rings. The van der Waals surface area contributed by atoms with Crippen molar-refractivity contribution in [1.29, 1.82) is 5.26 Å². The zero-order chi connectivity index (χ0) is 15.8. The third kappa shape index (κ3) is 5.91. The molecule has 1 atom stereocenters. The Bertz CT molecular complexity index is 569. The standard InChI is InChI=1S/C14H16FN3O3/c1-9(3-2-4-13(19)20)17-14(21)18-11-5-6-12(15)10(7-11)8-16/h5-7,9H,2-4H2,1H3,(H,19,20)(H2,17,18,21). The maximum Gasteiger partial charge on any atom is 0.319 e. The molecule has 0 saturated carbocycles. The first-order valence-electron chi connectivity index (χ1n) is 6.41. The van der Waals surface area contributed by atoms with Crippen molar-refractivity contribution in [2.75, 3.05) is 5.32 Å². The molecule has 2 amide bonds. The summed E-state index contributed by atoms with van der Waals surface area (Å²) in [6.07, 6.45) is 1.05. The largest absolute Gasteiger partial charge is 0.481 e. The summed E-state index contributed by atoms with van der Waals surface area (Å²) in [7, 11) is 0. The fourth-order valence-electron chi connectivity index (χ4n) is 1.71. The van der Waals surface area contributed by atoms with Gasteiger partial charge >= 0.3 is 12.0 Å². The topological polar surface area (TPSA) is 102 Å². The molecule has 0 spiro atoms. The minimum Gasteiger partial charge on any atom is -0.481 e. The Morgan fingerprint density at radius 1 is 1.48 bits per heavy atom. The summed E-state index contributed by atoms with van der Waals surface area (Å²) < 4.78 is 13.1. The molecule has 1 rings (SSSR count). The SMILES string of the molecule is CC(CCCC(=O)O)NC(=O)Nc1ccc(F)c(C#N)c1. The summed E-state index contributed by atoms with van der Waals surface area (Å²) in [6, 6.07) is 4.69. The molecule has 6 nitrogen and oxygen atoms in total. The minimum atomic E-state index is -0.873. The molecule has 0 saturated heterocycles. The highest BCUT2D eigenvalue weighted by molar-refractivity contribution is 5.89. The van der Waals surface area contributed by atoms with Crippen LogP contribution in [0.1, 0.15) is 31.7 Å². The maximum atomic E-state index is 13.1. The molecule has 0 bridgehead atoms. The number of amides is 2. The lowest BCUT2D eigenvalue weighted by molar-refractivity contribution is -0.137. The van der Waals surface area contributed by atoms with E-state index in [2.05, 4.69) is 10.6 Å². The molecular weight excluding hydrogens is 277 g/mol. The number of urea groups is 1. The Morgan fingerprint density at radius 2 is 2.19 bits per heavy atom. The first kappa shape index (κ1) is 16.4. The van der Waals surface area contributed by atoms with Crippen LogP contribution >= 0.6 is 0 Å². The number of halogens is 1. The van der Waals surface area contributed by atoms with Gasteiger partial charge < -0.3 is 15.7 Å². The smallest absolute Gasteiger partial charge is 0.319 e. The van der Waals surface area contributed by atoms with Crippen molar-refractivity contribution in [2.24, 2.45) is 0 Å². The number of hydrogen-bond donors (Lipinski definition) is 3. The van der Waals surface area contributed by atoms with E-state index in [-0.39, 0.29) is 18.0 Å². The zero-order valence-corrected chi connectivity index (χ0v) is 11.5. The average molecular weight is 293 g/mol. The zero-order valence-electron chi connectivity index (χ0n) is 11.5. The summed E-state index contributed by atoms with van der Waals surface area (Å²) in [6.45, 7) is 1.76. The number of nitrogens with one attached hydrogen (secondary N) is 2. The summed E-state index contributed by atoms with van der Waals surface area (Å²) in [5.41, 5.74) is 0.158. The Balaban J connectivity index is 2.46. The fraction of sp³-hybridized carbons (Fsp3) is 0.357. The van der Waals surface area contributed by atoms with Crippen molar-refractivity contribution in [3.63, 3.8) is 0 Å². The Kier molecular flexibility index (Phi) is 6.14. The predicted octanol–water partition coefficient (Wildman–Crippen LogP) is 2.46. The van der Waals surface area contributed by atoms with Gasteiger partial charge in [-0.2, -0.15) is 5.26 Å². The number of rotatable bonds is 6. The van der Waals surface area contributed by atoms with Crippen molar-refractivity contribution in [2.45, 2.75) is 32.2 Å². The lowest BCUT2D eigenvalue weighted by Gasteiger charge is -2.14. The van der Waals surface area contributed by atoms with E-state index in [1.165, 1.54) is 12.1 Å². The van der Waals surface area contributed by atoms with Crippen molar-refractivity contribution in [1.82, 2.24) is 5.32 Å². The van der Waals surface area contributed by atoms with Crippen LogP contribution in [0.3, 0.4) is 0 Å².